The highest BCUT2D eigenvalue weighted by atomic mass is 32.2. The lowest BCUT2D eigenvalue weighted by Crippen LogP contribution is -2.27. The Morgan fingerprint density at radius 3 is 2.52 bits per heavy atom. The van der Waals surface area contributed by atoms with Gasteiger partial charge in [-0.05, 0) is 24.0 Å². The maximum atomic E-state index is 13.6. The second-order valence-electron chi connectivity index (χ2n) is 6.59. The van der Waals surface area contributed by atoms with Crippen molar-refractivity contribution < 1.29 is 24.1 Å². The fraction of sp³-hybridized carbons (Fsp3) is 0.227. The molecule has 9 heteroatoms. The van der Waals surface area contributed by atoms with Crippen molar-refractivity contribution in [1.29, 1.82) is 0 Å². The second kappa shape index (κ2) is 8.35. The number of hydrogen-bond donors (Lipinski definition) is 1. The lowest BCUT2D eigenvalue weighted by molar-refractivity contribution is 0.0447. The summed E-state index contributed by atoms with van der Waals surface area (Å²) in [5.41, 5.74) is 0.504. The lowest BCUT2D eigenvalue weighted by atomic mass is 9.99. The minimum atomic E-state index is -1.13. The summed E-state index contributed by atoms with van der Waals surface area (Å²) in [5, 5.41) is 11.0. The molecule has 1 atom stereocenters. The van der Waals surface area contributed by atoms with Crippen LogP contribution in [0.4, 0.5) is 0 Å². The van der Waals surface area contributed by atoms with Crippen molar-refractivity contribution in [2.45, 2.75) is 18.2 Å². The highest BCUT2D eigenvalue weighted by molar-refractivity contribution is 7.99. The van der Waals surface area contributed by atoms with E-state index in [4.69, 9.17) is 14.2 Å². The zero-order valence-corrected chi connectivity index (χ0v) is 17.9. The van der Waals surface area contributed by atoms with Crippen molar-refractivity contribution in [2.24, 2.45) is 0 Å². The molecule has 3 aromatic rings. The Bertz CT molecular complexity index is 1210. The van der Waals surface area contributed by atoms with Crippen LogP contribution >= 0.6 is 11.8 Å². The molecule has 4 rings (SSSR count). The summed E-state index contributed by atoms with van der Waals surface area (Å²) >= 11 is 1.32. The van der Waals surface area contributed by atoms with E-state index in [0.29, 0.717) is 27.9 Å². The van der Waals surface area contributed by atoms with Gasteiger partial charge in [-0.2, -0.15) is 4.98 Å². The number of ether oxygens (including phenoxy) is 3. The SMILES string of the molecule is CCSc1nc(O)c([C@H]2OC(=O)c3c2ccc(OC)c3OC)c(=O)n1-c1ccccc1. The van der Waals surface area contributed by atoms with Gasteiger partial charge in [0.1, 0.15) is 11.1 Å². The first-order valence-electron chi connectivity index (χ1n) is 9.51. The van der Waals surface area contributed by atoms with E-state index in [2.05, 4.69) is 4.98 Å². The molecular formula is C22H20N2O6S. The number of carbonyl (C=O) groups excluding carboxylic acids is 1. The van der Waals surface area contributed by atoms with Crippen molar-refractivity contribution in [3.05, 3.63) is 69.5 Å². The minimum absolute atomic E-state index is 0.122. The van der Waals surface area contributed by atoms with E-state index in [1.807, 2.05) is 13.0 Å². The topological polar surface area (TPSA) is 99.9 Å². The standard InChI is InChI=1S/C22H20N2O6S/c1-4-31-22-23-19(25)16(20(26)24(22)12-8-6-5-7-9-12)17-13-10-11-14(28-2)18(29-3)15(13)21(27)30-17/h5-11,17,25H,4H2,1-3H3/t17-/m0/s1. The van der Waals surface area contributed by atoms with Crippen LogP contribution in [-0.4, -0.2) is 40.6 Å². The Labute approximate surface area is 182 Å². The number of aromatic nitrogens is 2. The molecule has 0 amide bonds. The first-order valence-corrected chi connectivity index (χ1v) is 10.5. The first-order chi connectivity index (χ1) is 15.0. The predicted molar refractivity (Wildman–Crippen MR) is 115 cm³/mol. The van der Waals surface area contributed by atoms with E-state index in [0.717, 1.165) is 0 Å². The van der Waals surface area contributed by atoms with Crippen LogP contribution in [0.15, 0.2) is 52.4 Å². The third kappa shape index (κ3) is 3.40. The van der Waals surface area contributed by atoms with E-state index in [1.165, 1.54) is 30.5 Å². The Hall–Kier alpha value is -3.46. The van der Waals surface area contributed by atoms with Gasteiger partial charge in [0, 0.05) is 5.56 Å². The normalized spacial score (nSPS) is 14.8. The molecule has 160 valence electrons. The van der Waals surface area contributed by atoms with Gasteiger partial charge in [-0.15, -0.1) is 0 Å². The maximum absolute atomic E-state index is 13.6. The molecule has 0 saturated carbocycles. The van der Waals surface area contributed by atoms with Crippen LogP contribution in [0.1, 0.15) is 34.5 Å². The van der Waals surface area contributed by atoms with Crippen molar-refractivity contribution in [2.75, 3.05) is 20.0 Å². The van der Waals surface area contributed by atoms with E-state index >= 15 is 0 Å². The summed E-state index contributed by atoms with van der Waals surface area (Å²) in [7, 11) is 2.87. The van der Waals surface area contributed by atoms with E-state index in [1.54, 1.807) is 36.4 Å². The number of nitrogens with zero attached hydrogens (tertiary/aromatic N) is 2. The smallest absolute Gasteiger partial charge is 0.343 e. The molecule has 0 saturated heterocycles. The molecule has 0 spiro atoms. The maximum Gasteiger partial charge on any atom is 0.343 e. The Kier molecular flexibility index (Phi) is 5.60. The van der Waals surface area contributed by atoms with Crippen LogP contribution < -0.4 is 15.0 Å². The van der Waals surface area contributed by atoms with Crippen LogP contribution in [-0.2, 0) is 4.74 Å². The number of hydrogen-bond acceptors (Lipinski definition) is 8. The monoisotopic (exact) mass is 440 g/mol. The highest BCUT2D eigenvalue weighted by Crippen LogP contribution is 2.45. The third-order valence-electron chi connectivity index (χ3n) is 4.91. The summed E-state index contributed by atoms with van der Waals surface area (Å²) in [6.07, 6.45) is -1.13. The highest BCUT2D eigenvalue weighted by Gasteiger charge is 2.40. The molecular weight excluding hydrogens is 420 g/mol. The van der Waals surface area contributed by atoms with Gasteiger partial charge in [-0.25, -0.2) is 4.79 Å². The van der Waals surface area contributed by atoms with Crippen molar-refractivity contribution in [3.63, 3.8) is 0 Å². The summed E-state index contributed by atoms with van der Waals surface area (Å²) in [5.74, 6) is 0.0662. The van der Waals surface area contributed by atoms with Gasteiger partial charge in [0.2, 0.25) is 5.88 Å². The molecule has 2 heterocycles. The van der Waals surface area contributed by atoms with Crippen LogP contribution in [0.5, 0.6) is 17.4 Å². The summed E-state index contributed by atoms with van der Waals surface area (Å²) in [6.45, 7) is 1.92. The Balaban J connectivity index is 1.96. The number of para-hydroxylation sites is 1. The molecule has 0 aliphatic carbocycles. The lowest BCUT2D eigenvalue weighted by Gasteiger charge is -2.17. The number of methoxy groups -OCH3 is 2. The number of fused-ring (bicyclic) bond motifs is 1. The molecule has 2 aromatic carbocycles. The van der Waals surface area contributed by atoms with Gasteiger partial charge >= 0.3 is 5.97 Å². The number of thioether (sulfide) groups is 1. The quantitative estimate of drug-likeness (QED) is 0.354. The first kappa shape index (κ1) is 20.8. The van der Waals surface area contributed by atoms with Crippen LogP contribution in [0.2, 0.25) is 0 Å². The van der Waals surface area contributed by atoms with Crippen molar-refractivity contribution >= 4 is 17.7 Å². The van der Waals surface area contributed by atoms with Gasteiger partial charge in [-0.3, -0.25) is 9.36 Å². The van der Waals surface area contributed by atoms with Gasteiger partial charge in [-0.1, -0.05) is 43.0 Å². The Morgan fingerprint density at radius 1 is 1.13 bits per heavy atom. The number of esters is 1. The van der Waals surface area contributed by atoms with Gasteiger partial charge < -0.3 is 19.3 Å². The Morgan fingerprint density at radius 2 is 1.87 bits per heavy atom. The fourth-order valence-electron chi connectivity index (χ4n) is 3.58. The van der Waals surface area contributed by atoms with Crippen molar-refractivity contribution in [3.8, 4) is 23.1 Å². The molecule has 1 N–H and O–H groups in total. The fourth-order valence-corrected chi connectivity index (χ4v) is 4.31. The summed E-state index contributed by atoms with van der Waals surface area (Å²) in [4.78, 5) is 30.5. The number of cyclic esters (lactones) is 1. The van der Waals surface area contributed by atoms with Crippen molar-refractivity contribution in [1.82, 2.24) is 9.55 Å². The van der Waals surface area contributed by atoms with E-state index in [9.17, 15) is 14.7 Å². The predicted octanol–water partition coefficient (Wildman–Crippen LogP) is 3.33. The minimum Gasteiger partial charge on any atom is -0.493 e. The number of benzene rings is 2. The van der Waals surface area contributed by atoms with Gasteiger partial charge in [0.15, 0.2) is 22.8 Å². The number of carbonyl (C=O) groups is 1. The average Bonchev–Trinajstić information content (AvgIpc) is 3.10. The van der Waals surface area contributed by atoms with Crippen LogP contribution in [0.3, 0.4) is 0 Å². The summed E-state index contributed by atoms with van der Waals surface area (Å²) < 4.78 is 17.5. The second-order valence-corrected chi connectivity index (χ2v) is 7.82. The molecule has 1 aromatic heterocycles. The average molecular weight is 440 g/mol. The largest absolute Gasteiger partial charge is 0.493 e. The number of rotatable bonds is 6. The molecule has 0 bridgehead atoms. The molecule has 0 fully saturated rings. The van der Waals surface area contributed by atoms with Gasteiger partial charge in [0.05, 0.1) is 19.9 Å². The molecule has 0 radical (unpaired) electrons. The zero-order valence-electron chi connectivity index (χ0n) is 17.1. The van der Waals surface area contributed by atoms with Crippen LogP contribution in [0.25, 0.3) is 5.69 Å². The third-order valence-corrected chi connectivity index (χ3v) is 5.73. The molecule has 1 aliphatic heterocycles. The van der Waals surface area contributed by atoms with Gasteiger partial charge in [0.25, 0.3) is 5.56 Å². The molecule has 1 aliphatic rings. The van der Waals surface area contributed by atoms with E-state index < -0.39 is 23.5 Å². The summed E-state index contributed by atoms with van der Waals surface area (Å²) in [6, 6.07) is 12.2. The van der Waals surface area contributed by atoms with E-state index in [-0.39, 0.29) is 16.9 Å². The number of aromatic hydroxyl groups is 1. The molecule has 8 nitrogen and oxygen atoms in total. The molecule has 0 unspecified atom stereocenters. The molecule has 31 heavy (non-hydrogen) atoms. The van der Waals surface area contributed by atoms with Crippen LogP contribution in [0, 0.1) is 0 Å². The zero-order chi connectivity index (χ0) is 22.1.